The van der Waals surface area contributed by atoms with E-state index in [1.807, 2.05) is 0 Å². The Morgan fingerprint density at radius 1 is 1.29 bits per heavy atom. The molecule has 3 N–H and O–H groups in total. The lowest BCUT2D eigenvalue weighted by molar-refractivity contribution is -0.137. The Labute approximate surface area is 156 Å². The average Bonchev–Trinajstić information content (AvgIpc) is 3.29. The van der Waals surface area contributed by atoms with Crippen LogP contribution >= 0.6 is 0 Å². The molecule has 1 spiro atoms. The minimum absolute atomic E-state index is 0.0192. The Balaban J connectivity index is 1.40. The van der Waals surface area contributed by atoms with E-state index in [4.69, 9.17) is 4.42 Å². The van der Waals surface area contributed by atoms with Gasteiger partial charge in [-0.2, -0.15) is 13.2 Å². The predicted octanol–water partition coefficient (Wildman–Crippen LogP) is 2.56. The van der Waals surface area contributed by atoms with Crippen LogP contribution in [-0.4, -0.2) is 29.9 Å². The monoisotopic (exact) mass is 395 g/mol. The number of halogens is 3. The van der Waals surface area contributed by atoms with E-state index in [-0.39, 0.29) is 35.1 Å². The van der Waals surface area contributed by atoms with Crippen LogP contribution in [0.3, 0.4) is 0 Å². The minimum atomic E-state index is -4.48. The maximum atomic E-state index is 12.8. The van der Waals surface area contributed by atoms with Crippen LogP contribution in [0.4, 0.5) is 18.0 Å². The number of carbonyl (C=O) groups excluding carboxylic acids is 3. The van der Waals surface area contributed by atoms with Crippen molar-refractivity contribution < 1.29 is 32.0 Å². The van der Waals surface area contributed by atoms with Gasteiger partial charge in [-0.05, 0) is 49.4 Å². The molecule has 1 aliphatic heterocycles. The Bertz CT molecular complexity index is 984. The average molecular weight is 395 g/mol. The van der Waals surface area contributed by atoms with Crippen molar-refractivity contribution in [1.82, 2.24) is 16.0 Å². The lowest BCUT2D eigenvalue weighted by atomic mass is 9.96. The zero-order valence-corrected chi connectivity index (χ0v) is 14.5. The van der Waals surface area contributed by atoms with Crippen molar-refractivity contribution in [3.05, 3.63) is 35.6 Å². The summed E-state index contributed by atoms with van der Waals surface area (Å²) in [7, 11) is 0. The first-order valence-corrected chi connectivity index (χ1v) is 8.69. The topological polar surface area (TPSA) is 100 Å². The van der Waals surface area contributed by atoms with Gasteiger partial charge in [-0.25, -0.2) is 4.79 Å². The first-order chi connectivity index (χ1) is 13.2. The first-order valence-electron chi connectivity index (χ1n) is 8.69. The summed E-state index contributed by atoms with van der Waals surface area (Å²) in [6, 6.07) is 3.75. The Morgan fingerprint density at radius 3 is 2.75 bits per heavy atom. The third kappa shape index (κ3) is 3.19. The molecule has 2 aromatic rings. The summed E-state index contributed by atoms with van der Waals surface area (Å²) in [5.74, 6) is -1.02. The maximum absolute atomic E-state index is 12.8. The molecule has 2 heterocycles. The number of rotatable bonds is 3. The molecule has 28 heavy (non-hydrogen) atoms. The van der Waals surface area contributed by atoms with E-state index >= 15 is 0 Å². The fourth-order valence-electron chi connectivity index (χ4n) is 3.83. The molecule has 1 saturated carbocycles. The molecule has 0 bridgehead atoms. The molecule has 2 atom stereocenters. The van der Waals surface area contributed by atoms with Crippen molar-refractivity contribution in [2.75, 3.05) is 6.54 Å². The second-order valence-electron chi connectivity index (χ2n) is 7.17. The second kappa shape index (κ2) is 6.25. The highest BCUT2D eigenvalue weighted by Gasteiger charge is 2.50. The summed E-state index contributed by atoms with van der Waals surface area (Å²) < 4.78 is 43.7. The third-order valence-corrected chi connectivity index (χ3v) is 5.25. The highest BCUT2D eigenvalue weighted by Crippen LogP contribution is 2.36. The molecular weight excluding hydrogens is 379 g/mol. The minimum Gasteiger partial charge on any atom is -0.451 e. The number of benzene rings is 1. The molecule has 1 aliphatic carbocycles. The van der Waals surface area contributed by atoms with Gasteiger partial charge in [0, 0.05) is 11.9 Å². The van der Waals surface area contributed by atoms with Gasteiger partial charge in [0.1, 0.15) is 11.1 Å². The zero-order valence-electron chi connectivity index (χ0n) is 14.5. The lowest BCUT2D eigenvalue weighted by Gasteiger charge is -2.19. The van der Waals surface area contributed by atoms with Crippen molar-refractivity contribution in [1.29, 1.82) is 0 Å². The number of urea groups is 1. The van der Waals surface area contributed by atoms with Crippen LogP contribution in [0, 0.1) is 5.92 Å². The molecule has 2 aliphatic rings. The molecule has 10 heteroatoms. The number of imide groups is 1. The van der Waals surface area contributed by atoms with Gasteiger partial charge >= 0.3 is 12.2 Å². The Hall–Kier alpha value is -3.04. The molecule has 1 aromatic carbocycles. The number of alkyl halides is 3. The summed E-state index contributed by atoms with van der Waals surface area (Å²) in [5.41, 5.74) is -1.55. The molecular formula is C18H16F3N3O4. The molecule has 2 unspecified atom stereocenters. The van der Waals surface area contributed by atoms with Gasteiger partial charge in [0.25, 0.3) is 11.8 Å². The molecule has 4 rings (SSSR count). The van der Waals surface area contributed by atoms with Crippen LogP contribution in [0.25, 0.3) is 11.0 Å². The number of hydrogen-bond donors (Lipinski definition) is 3. The summed E-state index contributed by atoms with van der Waals surface area (Å²) in [4.78, 5) is 35.6. The molecule has 7 nitrogen and oxygen atoms in total. The van der Waals surface area contributed by atoms with Crippen molar-refractivity contribution in [3.63, 3.8) is 0 Å². The van der Waals surface area contributed by atoms with Crippen LogP contribution in [0.15, 0.2) is 28.7 Å². The number of amides is 4. The fourth-order valence-corrected chi connectivity index (χ4v) is 3.83. The lowest BCUT2D eigenvalue weighted by Crippen LogP contribution is -2.44. The van der Waals surface area contributed by atoms with Gasteiger partial charge < -0.3 is 15.1 Å². The predicted molar refractivity (Wildman–Crippen MR) is 90.3 cm³/mol. The van der Waals surface area contributed by atoms with Crippen LogP contribution in [0.2, 0.25) is 0 Å². The van der Waals surface area contributed by atoms with Crippen LogP contribution < -0.4 is 16.0 Å². The van der Waals surface area contributed by atoms with Crippen molar-refractivity contribution in [2.45, 2.75) is 31.0 Å². The first kappa shape index (κ1) is 18.3. The number of nitrogens with one attached hydrogen (secondary N) is 3. The SMILES string of the molecule is O=C1NC(=O)C2(CCC(CNC(=O)c3cc4cc(C(F)(F)F)ccc4o3)C2)N1. The van der Waals surface area contributed by atoms with Crippen LogP contribution in [-0.2, 0) is 11.0 Å². The second-order valence-corrected chi connectivity index (χ2v) is 7.17. The molecule has 0 radical (unpaired) electrons. The molecule has 1 saturated heterocycles. The van der Waals surface area contributed by atoms with Crippen molar-refractivity contribution in [2.24, 2.45) is 5.92 Å². The van der Waals surface area contributed by atoms with Gasteiger partial charge in [-0.1, -0.05) is 0 Å². The summed E-state index contributed by atoms with van der Waals surface area (Å²) in [5, 5.41) is 7.73. The number of carbonyl (C=O) groups is 3. The van der Waals surface area contributed by atoms with E-state index in [1.165, 1.54) is 12.1 Å². The van der Waals surface area contributed by atoms with E-state index < -0.39 is 29.2 Å². The van der Waals surface area contributed by atoms with Gasteiger partial charge in [-0.15, -0.1) is 0 Å². The number of fused-ring (bicyclic) bond motifs is 1. The number of furan rings is 1. The van der Waals surface area contributed by atoms with Gasteiger partial charge in [0.2, 0.25) is 0 Å². The standard InChI is InChI=1S/C18H16F3N3O4/c19-18(20,21)11-1-2-12-10(5-11)6-13(28-12)14(25)22-8-9-3-4-17(7-9)15(26)23-16(27)24-17/h1-2,5-6,9H,3-4,7-8H2,(H,22,25)(H2,23,24,26,27). The Kier molecular flexibility index (Phi) is 4.09. The van der Waals surface area contributed by atoms with Crippen LogP contribution in [0.1, 0.15) is 35.4 Å². The van der Waals surface area contributed by atoms with E-state index in [1.54, 1.807) is 0 Å². The van der Waals surface area contributed by atoms with Gasteiger partial charge in [-0.3, -0.25) is 14.9 Å². The Morgan fingerprint density at radius 2 is 2.07 bits per heavy atom. The largest absolute Gasteiger partial charge is 0.451 e. The van der Waals surface area contributed by atoms with E-state index in [2.05, 4.69) is 16.0 Å². The summed E-state index contributed by atoms with van der Waals surface area (Å²) >= 11 is 0. The number of hydrogen-bond acceptors (Lipinski definition) is 4. The van der Waals surface area contributed by atoms with Gasteiger partial charge in [0.05, 0.1) is 5.56 Å². The third-order valence-electron chi connectivity index (χ3n) is 5.25. The fraction of sp³-hybridized carbons (Fsp3) is 0.389. The molecule has 148 valence electrons. The van der Waals surface area contributed by atoms with E-state index in [0.29, 0.717) is 19.3 Å². The van der Waals surface area contributed by atoms with E-state index in [0.717, 1.165) is 12.1 Å². The maximum Gasteiger partial charge on any atom is 0.416 e. The summed E-state index contributed by atoms with van der Waals surface area (Å²) in [6.07, 6.45) is -2.95. The molecule has 1 aromatic heterocycles. The highest BCUT2D eigenvalue weighted by molar-refractivity contribution is 6.07. The summed E-state index contributed by atoms with van der Waals surface area (Å²) in [6.45, 7) is 0.259. The van der Waals surface area contributed by atoms with Crippen LogP contribution in [0.5, 0.6) is 0 Å². The smallest absolute Gasteiger partial charge is 0.416 e. The quantitative estimate of drug-likeness (QED) is 0.696. The molecule has 2 fully saturated rings. The highest BCUT2D eigenvalue weighted by atomic mass is 19.4. The van der Waals surface area contributed by atoms with Crippen molar-refractivity contribution >= 4 is 28.8 Å². The van der Waals surface area contributed by atoms with Gasteiger partial charge in [0.15, 0.2) is 5.76 Å². The van der Waals surface area contributed by atoms with E-state index in [9.17, 15) is 27.6 Å². The normalized spacial score (nSPS) is 24.6. The zero-order chi connectivity index (χ0) is 20.1. The van der Waals surface area contributed by atoms with Crippen molar-refractivity contribution in [3.8, 4) is 0 Å². The molecule has 4 amide bonds.